The third kappa shape index (κ3) is 2.47. The average Bonchev–Trinajstić information content (AvgIpc) is 2.84. The van der Waals surface area contributed by atoms with Crippen molar-refractivity contribution >= 4 is 17.2 Å². The quantitative estimate of drug-likeness (QED) is 0.683. The molecule has 0 saturated heterocycles. The molecule has 3 heteroatoms. The van der Waals surface area contributed by atoms with Crippen LogP contribution in [0.25, 0.3) is 22.0 Å². The predicted molar refractivity (Wildman–Crippen MR) is 85.1 cm³/mol. The molecular formula is C18H18N2O. The number of rotatable bonds is 4. The number of fused-ring (bicyclic) bond motifs is 1. The molecule has 0 radical (unpaired) electrons. The Labute approximate surface area is 124 Å². The third-order valence-corrected chi connectivity index (χ3v) is 3.85. The largest absolute Gasteiger partial charge is 0.350 e. The molecule has 0 amide bonds. The Morgan fingerprint density at radius 3 is 2.71 bits per heavy atom. The van der Waals surface area contributed by atoms with Gasteiger partial charge in [0.1, 0.15) is 6.29 Å². The molecule has 0 spiro atoms. The zero-order chi connectivity index (χ0) is 14.8. The maximum Gasteiger partial charge on any atom is 0.123 e. The molecule has 0 N–H and O–H groups in total. The molecule has 3 nitrogen and oxygen atoms in total. The van der Waals surface area contributed by atoms with Crippen LogP contribution in [0, 0.1) is 5.92 Å². The average molecular weight is 278 g/mol. The van der Waals surface area contributed by atoms with Gasteiger partial charge in [-0.25, -0.2) is 0 Å². The third-order valence-electron chi connectivity index (χ3n) is 3.85. The molecule has 0 fully saturated rings. The van der Waals surface area contributed by atoms with E-state index in [1.807, 2.05) is 31.5 Å². The summed E-state index contributed by atoms with van der Waals surface area (Å²) in [6, 6.07) is 10.4. The highest BCUT2D eigenvalue weighted by molar-refractivity contribution is 5.96. The number of hydrogen-bond acceptors (Lipinski definition) is 2. The fourth-order valence-electron chi connectivity index (χ4n) is 2.87. The standard InChI is InChI=1S/C18H18N2O/c1-13(12-21)10-15-11-20(2)18-16(4-3-5-17(15)18)14-6-8-19-9-7-14/h3-9,11-13H,10H2,1-2H3. The van der Waals surface area contributed by atoms with Gasteiger partial charge in [-0.15, -0.1) is 0 Å². The summed E-state index contributed by atoms with van der Waals surface area (Å²) in [5, 5.41) is 1.22. The first-order valence-corrected chi connectivity index (χ1v) is 7.13. The summed E-state index contributed by atoms with van der Waals surface area (Å²) in [6.45, 7) is 1.96. The monoisotopic (exact) mass is 278 g/mol. The minimum absolute atomic E-state index is 0.0418. The van der Waals surface area contributed by atoms with Crippen LogP contribution < -0.4 is 0 Å². The molecule has 3 aromatic rings. The number of nitrogens with zero attached hydrogens (tertiary/aromatic N) is 2. The molecular weight excluding hydrogens is 260 g/mol. The highest BCUT2D eigenvalue weighted by atomic mass is 16.1. The van der Waals surface area contributed by atoms with Crippen molar-refractivity contribution < 1.29 is 4.79 Å². The maximum absolute atomic E-state index is 10.9. The van der Waals surface area contributed by atoms with Gasteiger partial charge in [-0.2, -0.15) is 0 Å². The van der Waals surface area contributed by atoms with Gasteiger partial charge in [0, 0.05) is 42.5 Å². The van der Waals surface area contributed by atoms with Gasteiger partial charge in [0.05, 0.1) is 5.52 Å². The Hall–Kier alpha value is -2.42. The van der Waals surface area contributed by atoms with Crippen LogP contribution in [0.3, 0.4) is 0 Å². The molecule has 0 bridgehead atoms. The van der Waals surface area contributed by atoms with Crippen molar-refractivity contribution in [2.75, 3.05) is 0 Å². The van der Waals surface area contributed by atoms with E-state index in [1.165, 1.54) is 22.0 Å². The van der Waals surface area contributed by atoms with E-state index in [0.717, 1.165) is 18.3 Å². The van der Waals surface area contributed by atoms with Crippen molar-refractivity contribution in [2.24, 2.45) is 13.0 Å². The van der Waals surface area contributed by atoms with Crippen molar-refractivity contribution in [2.45, 2.75) is 13.3 Å². The first-order chi connectivity index (χ1) is 10.2. The van der Waals surface area contributed by atoms with E-state index in [9.17, 15) is 4.79 Å². The van der Waals surface area contributed by atoms with Gasteiger partial charge >= 0.3 is 0 Å². The van der Waals surface area contributed by atoms with Gasteiger partial charge < -0.3 is 9.36 Å². The number of aromatic nitrogens is 2. The van der Waals surface area contributed by atoms with Gasteiger partial charge in [0.15, 0.2) is 0 Å². The highest BCUT2D eigenvalue weighted by Crippen LogP contribution is 2.31. The molecule has 21 heavy (non-hydrogen) atoms. The summed E-state index contributed by atoms with van der Waals surface area (Å²) in [5.41, 5.74) is 4.79. The van der Waals surface area contributed by atoms with Crippen molar-refractivity contribution in [1.82, 2.24) is 9.55 Å². The number of aldehydes is 1. The van der Waals surface area contributed by atoms with Crippen LogP contribution in [0.4, 0.5) is 0 Å². The lowest BCUT2D eigenvalue weighted by Gasteiger charge is -2.06. The second kappa shape index (κ2) is 5.52. The normalized spacial score (nSPS) is 12.5. The second-order valence-corrected chi connectivity index (χ2v) is 5.52. The lowest BCUT2D eigenvalue weighted by atomic mass is 9.99. The second-order valence-electron chi connectivity index (χ2n) is 5.52. The van der Waals surface area contributed by atoms with Gasteiger partial charge in [0.2, 0.25) is 0 Å². The summed E-state index contributed by atoms with van der Waals surface area (Å²) >= 11 is 0. The van der Waals surface area contributed by atoms with E-state index >= 15 is 0 Å². The molecule has 106 valence electrons. The van der Waals surface area contributed by atoms with Crippen molar-refractivity contribution in [3.8, 4) is 11.1 Å². The van der Waals surface area contributed by atoms with E-state index < -0.39 is 0 Å². The SMILES string of the molecule is CC(C=O)Cc1cn(C)c2c(-c3ccncc3)cccc12. The Kier molecular flexibility index (Phi) is 3.57. The fraction of sp³-hybridized carbons (Fsp3) is 0.222. The predicted octanol–water partition coefficient (Wildman–Crippen LogP) is 3.62. The zero-order valence-corrected chi connectivity index (χ0v) is 12.3. The highest BCUT2D eigenvalue weighted by Gasteiger charge is 2.13. The molecule has 1 aromatic carbocycles. The minimum Gasteiger partial charge on any atom is -0.350 e. The molecule has 0 aliphatic carbocycles. The fourth-order valence-corrected chi connectivity index (χ4v) is 2.87. The molecule has 2 heterocycles. The topological polar surface area (TPSA) is 34.9 Å². The van der Waals surface area contributed by atoms with Gasteiger partial charge in [-0.1, -0.05) is 25.1 Å². The lowest BCUT2D eigenvalue weighted by Crippen LogP contribution is -1.99. The van der Waals surface area contributed by atoms with E-state index in [1.54, 1.807) is 0 Å². The van der Waals surface area contributed by atoms with E-state index in [-0.39, 0.29) is 5.92 Å². The maximum atomic E-state index is 10.9. The smallest absolute Gasteiger partial charge is 0.123 e. The number of hydrogen-bond donors (Lipinski definition) is 0. The minimum atomic E-state index is 0.0418. The number of aryl methyl sites for hydroxylation is 1. The Bertz CT molecular complexity index is 775. The number of para-hydroxylation sites is 1. The van der Waals surface area contributed by atoms with Crippen molar-refractivity contribution in [3.05, 3.63) is 54.5 Å². The summed E-state index contributed by atoms with van der Waals surface area (Å²) in [6.07, 6.45) is 7.56. The number of pyridine rings is 1. The first kappa shape index (κ1) is 13.6. The van der Waals surface area contributed by atoms with Crippen LogP contribution in [0.5, 0.6) is 0 Å². The zero-order valence-electron chi connectivity index (χ0n) is 12.3. The van der Waals surface area contributed by atoms with E-state index in [0.29, 0.717) is 0 Å². The lowest BCUT2D eigenvalue weighted by molar-refractivity contribution is -0.110. The number of carbonyl (C=O) groups excluding carboxylic acids is 1. The molecule has 2 aromatic heterocycles. The molecule has 1 atom stereocenters. The van der Waals surface area contributed by atoms with E-state index in [2.05, 4.69) is 41.0 Å². The van der Waals surface area contributed by atoms with Gasteiger partial charge in [0.25, 0.3) is 0 Å². The molecule has 3 rings (SSSR count). The van der Waals surface area contributed by atoms with Crippen molar-refractivity contribution in [1.29, 1.82) is 0 Å². The number of carbonyl (C=O) groups is 1. The molecule has 1 unspecified atom stereocenters. The Morgan fingerprint density at radius 2 is 2.00 bits per heavy atom. The summed E-state index contributed by atoms with van der Waals surface area (Å²) in [5.74, 6) is 0.0418. The van der Waals surface area contributed by atoms with Crippen molar-refractivity contribution in [3.63, 3.8) is 0 Å². The molecule has 0 aliphatic rings. The van der Waals surface area contributed by atoms with Gasteiger partial charge in [-0.3, -0.25) is 4.98 Å². The summed E-state index contributed by atoms with van der Waals surface area (Å²) in [4.78, 5) is 15.0. The van der Waals surface area contributed by atoms with Gasteiger partial charge in [-0.05, 0) is 29.7 Å². The van der Waals surface area contributed by atoms with Crippen LogP contribution >= 0.6 is 0 Å². The van der Waals surface area contributed by atoms with Crippen LogP contribution in [0.1, 0.15) is 12.5 Å². The summed E-state index contributed by atoms with van der Waals surface area (Å²) < 4.78 is 2.15. The Balaban J connectivity index is 2.18. The van der Waals surface area contributed by atoms with Crippen LogP contribution in [0.2, 0.25) is 0 Å². The number of benzene rings is 1. The van der Waals surface area contributed by atoms with E-state index in [4.69, 9.17) is 0 Å². The van der Waals surface area contributed by atoms with Crippen LogP contribution in [-0.4, -0.2) is 15.8 Å². The first-order valence-electron chi connectivity index (χ1n) is 7.13. The molecule has 0 saturated carbocycles. The van der Waals surface area contributed by atoms with Crippen LogP contribution in [0.15, 0.2) is 48.9 Å². The summed E-state index contributed by atoms with van der Waals surface area (Å²) in [7, 11) is 2.06. The van der Waals surface area contributed by atoms with Crippen LogP contribution in [-0.2, 0) is 18.3 Å². The molecule has 0 aliphatic heterocycles. The Morgan fingerprint density at radius 1 is 1.24 bits per heavy atom.